The van der Waals surface area contributed by atoms with Crippen molar-refractivity contribution in [2.45, 2.75) is 6.61 Å². The first-order valence-corrected chi connectivity index (χ1v) is 5.92. The third-order valence-corrected chi connectivity index (χ3v) is 2.77. The van der Waals surface area contributed by atoms with Crippen LogP contribution in [0.1, 0.15) is 5.56 Å². The first-order valence-electron chi connectivity index (χ1n) is 5.13. The van der Waals surface area contributed by atoms with E-state index >= 15 is 0 Å². The topological polar surface area (TPSA) is 13.6 Å². The van der Waals surface area contributed by atoms with Gasteiger partial charge in [-0.3, -0.25) is 0 Å². The van der Waals surface area contributed by atoms with Gasteiger partial charge in [0.25, 0.3) is 0 Å². The highest BCUT2D eigenvalue weighted by Gasteiger charge is 2.04. The maximum absolute atomic E-state index is 7.09. The van der Waals surface area contributed by atoms with E-state index in [1.807, 2.05) is 36.4 Å². The van der Waals surface area contributed by atoms with Gasteiger partial charge in [0, 0.05) is 4.47 Å². The summed E-state index contributed by atoms with van der Waals surface area (Å²) in [7, 11) is 0. The number of nitrogens with zero attached hydrogens (tertiary/aromatic N) is 1. The second kappa shape index (κ2) is 5.51. The molecule has 0 saturated carbocycles. The van der Waals surface area contributed by atoms with E-state index in [0.29, 0.717) is 18.0 Å². The highest BCUT2D eigenvalue weighted by atomic mass is 79.9. The molecule has 17 heavy (non-hydrogen) atoms. The molecule has 0 saturated heterocycles. The fourth-order valence-electron chi connectivity index (χ4n) is 1.44. The zero-order chi connectivity index (χ0) is 12.1. The average molecular weight is 288 g/mol. The lowest BCUT2D eigenvalue weighted by molar-refractivity contribution is 0.308. The minimum Gasteiger partial charge on any atom is -0.500 e. The SMILES string of the molecule is [C-]#[N+]c1cc(Br)ccc1OCc1ccccc1. The number of benzene rings is 2. The van der Waals surface area contributed by atoms with Crippen LogP contribution >= 0.6 is 15.9 Å². The fourth-order valence-corrected chi connectivity index (χ4v) is 1.78. The van der Waals surface area contributed by atoms with Crippen LogP contribution in [0, 0.1) is 6.57 Å². The predicted octanol–water partition coefficient (Wildman–Crippen LogP) is 4.58. The molecule has 0 fully saturated rings. The van der Waals surface area contributed by atoms with Crippen LogP contribution in [0.3, 0.4) is 0 Å². The second-order valence-corrected chi connectivity index (χ2v) is 4.41. The van der Waals surface area contributed by atoms with E-state index in [0.717, 1.165) is 10.0 Å². The van der Waals surface area contributed by atoms with Crippen molar-refractivity contribution in [1.29, 1.82) is 0 Å². The van der Waals surface area contributed by atoms with E-state index in [9.17, 15) is 0 Å². The molecule has 2 rings (SSSR count). The van der Waals surface area contributed by atoms with Gasteiger partial charge in [0.05, 0.1) is 6.57 Å². The minimum absolute atomic E-state index is 0.477. The van der Waals surface area contributed by atoms with E-state index in [1.165, 1.54) is 0 Å². The number of hydrogen-bond acceptors (Lipinski definition) is 1. The quantitative estimate of drug-likeness (QED) is 0.754. The van der Waals surface area contributed by atoms with Gasteiger partial charge in [0.15, 0.2) is 0 Å². The molecule has 0 aliphatic heterocycles. The van der Waals surface area contributed by atoms with Crippen LogP contribution < -0.4 is 4.74 Å². The van der Waals surface area contributed by atoms with Crippen molar-refractivity contribution in [3.05, 3.63) is 70.0 Å². The lowest BCUT2D eigenvalue weighted by Crippen LogP contribution is -1.94. The maximum atomic E-state index is 7.09. The van der Waals surface area contributed by atoms with Gasteiger partial charge < -0.3 is 4.74 Å². The Kier molecular flexibility index (Phi) is 3.79. The Morgan fingerprint density at radius 2 is 1.88 bits per heavy atom. The van der Waals surface area contributed by atoms with Crippen molar-refractivity contribution in [1.82, 2.24) is 0 Å². The third kappa shape index (κ3) is 3.08. The smallest absolute Gasteiger partial charge is 0.229 e. The first-order chi connectivity index (χ1) is 8.29. The predicted molar refractivity (Wildman–Crippen MR) is 71.2 cm³/mol. The summed E-state index contributed by atoms with van der Waals surface area (Å²) >= 11 is 3.33. The van der Waals surface area contributed by atoms with Crippen LogP contribution in [0.15, 0.2) is 53.0 Å². The molecule has 0 aliphatic carbocycles. The van der Waals surface area contributed by atoms with E-state index in [4.69, 9.17) is 11.3 Å². The molecule has 2 nitrogen and oxygen atoms in total. The summed E-state index contributed by atoms with van der Waals surface area (Å²) in [5, 5.41) is 0. The Morgan fingerprint density at radius 3 is 2.59 bits per heavy atom. The molecule has 0 aliphatic rings. The molecule has 0 aromatic heterocycles. The number of halogens is 1. The monoisotopic (exact) mass is 287 g/mol. The molecule has 2 aromatic carbocycles. The molecule has 0 amide bonds. The fraction of sp³-hybridized carbons (Fsp3) is 0.0714. The Balaban J connectivity index is 2.12. The summed E-state index contributed by atoms with van der Waals surface area (Å²) in [6.45, 7) is 7.57. The van der Waals surface area contributed by atoms with Crippen LogP contribution in [0.25, 0.3) is 4.85 Å². The molecule has 0 unspecified atom stereocenters. The third-order valence-electron chi connectivity index (χ3n) is 2.28. The van der Waals surface area contributed by atoms with Crippen molar-refractivity contribution in [3.8, 4) is 5.75 Å². The van der Waals surface area contributed by atoms with Crippen molar-refractivity contribution in [2.75, 3.05) is 0 Å². The number of hydrogen-bond donors (Lipinski definition) is 0. The minimum atomic E-state index is 0.477. The van der Waals surface area contributed by atoms with E-state index in [-0.39, 0.29) is 0 Å². The number of rotatable bonds is 3. The lowest BCUT2D eigenvalue weighted by atomic mass is 10.2. The van der Waals surface area contributed by atoms with Gasteiger partial charge in [-0.25, -0.2) is 4.85 Å². The summed E-state index contributed by atoms with van der Waals surface area (Å²) < 4.78 is 6.52. The van der Waals surface area contributed by atoms with Crippen LogP contribution in [0.5, 0.6) is 5.75 Å². The molecular weight excluding hydrogens is 278 g/mol. The van der Waals surface area contributed by atoms with Gasteiger partial charge in [0.1, 0.15) is 12.4 Å². The highest BCUT2D eigenvalue weighted by molar-refractivity contribution is 9.10. The van der Waals surface area contributed by atoms with Gasteiger partial charge >= 0.3 is 0 Å². The molecule has 0 N–H and O–H groups in total. The van der Waals surface area contributed by atoms with Crippen LogP contribution in [-0.4, -0.2) is 0 Å². The van der Waals surface area contributed by atoms with Crippen molar-refractivity contribution < 1.29 is 4.74 Å². The lowest BCUT2D eigenvalue weighted by Gasteiger charge is -2.08. The molecule has 0 spiro atoms. The second-order valence-electron chi connectivity index (χ2n) is 3.50. The zero-order valence-electron chi connectivity index (χ0n) is 9.06. The Bertz CT molecular complexity index is 546. The summed E-state index contributed by atoms with van der Waals surface area (Å²) in [5.41, 5.74) is 1.61. The summed E-state index contributed by atoms with van der Waals surface area (Å²) in [6, 6.07) is 15.3. The van der Waals surface area contributed by atoms with Crippen LogP contribution in [-0.2, 0) is 6.61 Å². The van der Waals surface area contributed by atoms with Gasteiger partial charge in [-0.05, 0) is 23.8 Å². The van der Waals surface area contributed by atoms with Gasteiger partial charge in [0.2, 0.25) is 5.69 Å². The van der Waals surface area contributed by atoms with Gasteiger partial charge in [-0.15, -0.1) is 0 Å². The molecule has 3 heteroatoms. The summed E-state index contributed by atoms with van der Waals surface area (Å²) in [6.07, 6.45) is 0. The molecule has 2 aromatic rings. The normalized spacial score (nSPS) is 9.65. The Morgan fingerprint density at radius 1 is 1.12 bits per heavy atom. The summed E-state index contributed by atoms with van der Waals surface area (Å²) in [4.78, 5) is 3.44. The maximum Gasteiger partial charge on any atom is 0.229 e. The molecule has 84 valence electrons. The molecule has 0 heterocycles. The highest BCUT2D eigenvalue weighted by Crippen LogP contribution is 2.31. The molecule has 0 radical (unpaired) electrons. The van der Waals surface area contributed by atoms with Gasteiger partial charge in [-0.1, -0.05) is 46.3 Å². The van der Waals surface area contributed by atoms with Crippen molar-refractivity contribution in [3.63, 3.8) is 0 Å². The van der Waals surface area contributed by atoms with Crippen molar-refractivity contribution in [2.24, 2.45) is 0 Å². The van der Waals surface area contributed by atoms with E-state index < -0.39 is 0 Å². The Hall–Kier alpha value is -1.79. The zero-order valence-corrected chi connectivity index (χ0v) is 10.6. The van der Waals surface area contributed by atoms with E-state index in [1.54, 1.807) is 12.1 Å². The average Bonchev–Trinajstić information content (AvgIpc) is 2.38. The van der Waals surface area contributed by atoms with Crippen LogP contribution in [0.2, 0.25) is 0 Å². The largest absolute Gasteiger partial charge is 0.500 e. The van der Waals surface area contributed by atoms with E-state index in [2.05, 4.69) is 20.8 Å². The number of ether oxygens (including phenoxy) is 1. The van der Waals surface area contributed by atoms with Crippen LogP contribution in [0.4, 0.5) is 5.69 Å². The van der Waals surface area contributed by atoms with Crippen molar-refractivity contribution >= 4 is 21.6 Å². The summed E-state index contributed by atoms with van der Waals surface area (Å²) in [5.74, 6) is 0.618. The van der Waals surface area contributed by atoms with Gasteiger partial charge in [-0.2, -0.15) is 0 Å². The standard InChI is InChI=1S/C14H10BrNO/c1-16-13-9-12(15)7-8-14(13)17-10-11-5-3-2-4-6-11/h2-9H,10H2. The molecule has 0 bridgehead atoms. The molecular formula is C14H10BrNO. The first kappa shape index (κ1) is 11.7. The Labute approximate surface area is 109 Å². The molecule has 0 atom stereocenters.